The molecule has 0 bridgehead atoms. The molecule has 4 N–H and O–H groups in total. The molecule has 1 heterocycles. The highest BCUT2D eigenvalue weighted by Crippen LogP contribution is 2.24. The van der Waals surface area contributed by atoms with Gasteiger partial charge in [0.05, 0.1) is 11.2 Å². The Morgan fingerprint density at radius 2 is 2.00 bits per heavy atom. The summed E-state index contributed by atoms with van der Waals surface area (Å²) in [6.45, 7) is 0.239. The highest BCUT2D eigenvalue weighted by molar-refractivity contribution is 5.90. The van der Waals surface area contributed by atoms with Gasteiger partial charge in [-0.2, -0.15) is 5.10 Å². The molecule has 0 fully saturated rings. The number of nitrogens with two attached hydrogens (primary N) is 1. The number of para-hydroxylation sites is 1. The summed E-state index contributed by atoms with van der Waals surface area (Å²) in [7, 11) is 0. The second-order valence-electron chi connectivity index (χ2n) is 4.64. The predicted molar refractivity (Wildman–Crippen MR) is 80.3 cm³/mol. The fraction of sp³-hybridized carbons (Fsp3) is 0.0667. The molecule has 0 atom stereocenters. The first kappa shape index (κ1) is 13.0. The van der Waals surface area contributed by atoms with Crippen molar-refractivity contribution in [1.82, 2.24) is 15.1 Å². The number of aromatic nitrogens is 2. The van der Waals surface area contributed by atoms with Crippen LogP contribution in [0, 0.1) is 0 Å². The molecule has 0 saturated heterocycles. The van der Waals surface area contributed by atoms with Crippen LogP contribution in [-0.2, 0) is 6.54 Å². The van der Waals surface area contributed by atoms with Crippen molar-refractivity contribution in [1.29, 1.82) is 0 Å². The van der Waals surface area contributed by atoms with Gasteiger partial charge in [0.25, 0.3) is 0 Å². The minimum absolute atomic E-state index is 0.239. The molecule has 21 heavy (non-hydrogen) atoms. The summed E-state index contributed by atoms with van der Waals surface area (Å²) >= 11 is 0. The Labute approximate surface area is 120 Å². The van der Waals surface area contributed by atoms with Crippen LogP contribution in [-0.4, -0.2) is 21.0 Å². The maximum Gasteiger partial charge on any atom is 0.404 e. The van der Waals surface area contributed by atoms with Crippen LogP contribution >= 0.6 is 0 Å². The van der Waals surface area contributed by atoms with E-state index in [-0.39, 0.29) is 6.54 Å². The number of nitrogens with one attached hydrogen (secondary N) is 1. The molecular weight excluding hydrogens is 268 g/mol. The van der Waals surface area contributed by atoms with Crippen LogP contribution in [0.3, 0.4) is 0 Å². The van der Waals surface area contributed by atoms with Crippen LogP contribution in [0.5, 0.6) is 0 Å². The summed E-state index contributed by atoms with van der Waals surface area (Å²) in [5, 5.41) is 16.3. The standard InChI is InChI=1S/C15H14N4O2/c16-14-12-7-6-10(9-17-15(20)21)8-13(12)18-19(14)11-4-2-1-3-5-11/h1-8,17H,9,16H2,(H,20,21). The molecule has 6 heteroatoms. The number of carbonyl (C=O) groups is 1. The van der Waals surface area contributed by atoms with E-state index in [1.165, 1.54) is 0 Å². The van der Waals surface area contributed by atoms with E-state index in [4.69, 9.17) is 10.8 Å². The second kappa shape index (κ2) is 5.16. The highest BCUT2D eigenvalue weighted by Gasteiger charge is 2.10. The molecule has 0 aliphatic rings. The van der Waals surface area contributed by atoms with Gasteiger partial charge in [-0.1, -0.05) is 24.3 Å². The Kier molecular flexibility index (Phi) is 3.19. The van der Waals surface area contributed by atoms with E-state index in [1.807, 2.05) is 48.5 Å². The van der Waals surface area contributed by atoms with Crippen molar-refractivity contribution in [2.24, 2.45) is 0 Å². The van der Waals surface area contributed by atoms with Crippen molar-refractivity contribution < 1.29 is 9.90 Å². The Hall–Kier alpha value is -3.02. The van der Waals surface area contributed by atoms with Gasteiger partial charge in [0.15, 0.2) is 0 Å². The van der Waals surface area contributed by atoms with Gasteiger partial charge < -0.3 is 16.2 Å². The van der Waals surface area contributed by atoms with Crippen molar-refractivity contribution in [2.45, 2.75) is 6.54 Å². The summed E-state index contributed by atoms with van der Waals surface area (Å²) in [4.78, 5) is 10.5. The van der Waals surface area contributed by atoms with Crippen molar-refractivity contribution >= 4 is 22.8 Å². The molecule has 0 spiro atoms. The molecule has 1 aromatic heterocycles. The first-order valence-electron chi connectivity index (χ1n) is 6.44. The van der Waals surface area contributed by atoms with Crippen molar-refractivity contribution in [3.05, 3.63) is 54.1 Å². The number of hydrogen-bond acceptors (Lipinski definition) is 3. The molecule has 2 aromatic carbocycles. The average Bonchev–Trinajstić information content (AvgIpc) is 2.83. The number of fused-ring (bicyclic) bond motifs is 1. The van der Waals surface area contributed by atoms with Gasteiger partial charge in [-0.15, -0.1) is 0 Å². The third kappa shape index (κ3) is 2.51. The van der Waals surface area contributed by atoms with Crippen molar-refractivity contribution in [2.75, 3.05) is 5.73 Å². The molecule has 0 saturated carbocycles. The summed E-state index contributed by atoms with van der Waals surface area (Å²) in [5.41, 5.74) is 8.59. The third-order valence-corrected chi connectivity index (χ3v) is 3.22. The van der Waals surface area contributed by atoms with Crippen LogP contribution in [0.1, 0.15) is 5.56 Å². The van der Waals surface area contributed by atoms with Crippen LogP contribution in [0.4, 0.5) is 10.6 Å². The van der Waals surface area contributed by atoms with E-state index in [1.54, 1.807) is 4.68 Å². The third-order valence-electron chi connectivity index (χ3n) is 3.22. The van der Waals surface area contributed by atoms with Crippen molar-refractivity contribution in [3.8, 4) is 5.69 Å². The number of nitrogens with zero attached hydrogens (tertiary/aromatic N) is 2. The molecule has 6 nitrogen and oxygen atoms in total. The van der Waals surface area contributed by atoms with Crippen LogP contribution < -0.4 is 11.1 Å². The molecule has 0 aliphatic heterocycles. The lowest BCUT2D eigenvalue weighted by molar-refractivity contribution is 0.194. The van der Waals surface area contributed by atoms with Crippen LogP contribution in [0.25, 0.3) is 16.6 Å². The van der Waals surface area contributed by atoms with Crippen LogP contribution in [0.2, 0.25) is 0 Å². The first-order chi connectivity index (χ1) is 10.1. The number of rotatable bonds is 3. The lowest BCUT2D eigenvalue weighted by atomic mass is 10.1. The Morgan fingerprint density at radius 3 is 2.71 bits per heavy atom. The first-order valence-corrected chi connectivity index (χ1v) is 6.44. The smallest absolute Gasteiger partial charge is 0.404 e. The summed E-state index contributed by atoms with van der Waals surface area (Å²) < 4.78 is 1.68. The SMILES string of the molecule is Nc1c2ccc(CNC(=O)O)cc2nn1-c1ccccc1. The van der Waals surface area contributed by atoms with Gasteiger partial charge in [-0.25, -0.2) is 9.48 Å². The second-order valence-corrected chi connectivity index (χ2v) is 4.64. The monoisotopic (exact) mass is 282 g/mol. The van der Waals surface area contributed by atoms with Crippen LogP contribution in [0.15, 0.2) is 48.5 Å². The van der Waals surface area contributed by atoms with E-state index in [2.05, 4.69) is 10.4 Å². The molecule has 1 amide bonds. The van der Waals surface area contributed by atoms with Gasteiger partial charge >= 0.3 is 6.09 Å². The van der Waals surface area contributed by atoms with Gasteiger partial charge in [-0.05, 0) is 29.8 Å². The Morgan fingerprint density at radius 1 is 1.24 bits per heavy atom. The minimum atomic E-state index is -1.05. The van der Waals surface area contributed by atoms with E-state index < -0.39 is 6.09 Å². The number of amides is 1. The maximum atomic E-state index is 10.5. The fourth-order valence-electron chi connectivity index (χ4n) is 2.21. The largest absolute Gasteiger partial charge is 0.465 e. The Bertz CT molecular complexity index is 796. The number of benzene rings is 2. The zero-order valence-corrected chi connectivity index (χ0v) is 11.2. The molecule has 3 rings (SSSR count). The quantitative estimate of drug-likeness (QED) is 0.687. The number of hydrogen-bond donors (Lipinski definition) is 3. The molecule has 3 aromatic rings. The van der Waals surface area contributed by atoms with E-state index in [0.717, 1.165) is 22.2 Å². The molecule has 0 unspecified atom stereocenters. The van der Waals surface area contributed by atoms with Gasteiger partial charge in [-0.3, -0.25) is 0 Å². The fourth-order valence-corrected chi connectivity index (χ4v) is 2.21. The number of nitrogen functional groups attached to an aromatic ring is 1. The lowest BCUT2D eigenvalue weighted by Gasteiger charge is -2.02. The van der Waals surface area contributed by atoms with Gasteiger partial charge in [0, 0.05) is 11.9 Å². The average molecular weight is 282 g/mol. The van der Waals surface area contributed by atoms with Gasteiger partial charge in [0.1, 0.15) is 5.82 Å². The Balaban J connectivity index is 2.01. The number of carboxylic acid groups (broad SMARTS) is 1. The van der Waals surface area contributed by atoms with Gasteiger partial charge in [0.2, 0.25) is 0 Å². The zero-order valence-electron chi connectivity index (χ0n) is 11.2. The summed E-state index contributed by atoms with van der Waals surface area (Å²) in [6, 6.07) is 15.2. The predicted octanol–water partition coefficient (Wildman–Crippen LogP) is 2.38. The number of anilines is 1. The van der Waals surface area contributed by atoms with Crippen molar-refractivity contribution in [3.63, 3.8) is 0 Å². The van der Waals surface area contributed by atoms with E-state index >= 15 is 0 Å². The molecule has 0 radical (unpaired) electrons. The van der Waals surface area contributed by atoms with E-state index in [0.29, 0.717) is 5.82 Å². The molecular formula is C15H14N4O2. The highest BCUT2D eigenvalue weighted by atomic mass is 16.4. The minimum Gasteiger partial charge on any atom is -0.465 e. The van der Waals surface area contributed by atoms with E-state index in [9.17, 15) is 4.79 Å². The lowest BCUT2D eigenvalue weighted by Crippen LogP contribution is -2.19. The zero-order chi connectivity index (χ0) is 14.8. The normalized spacial score (nSPS) is 10.7. The molecule has 0 aliphatic carbocycles. The topological polar surface area (TPSA) is 93.2 Å². The summed E-state index contributed by atoms with van der Waals surface area (Å²) in [5.74, 6) is 0.564. The maximum absolute atomic E-state index is 10.5. The molecule has 106 valence electrons. The summed E-state index contributed by atoms with van der Waals surface area (Å²) in [6.07, 6.45) is -1.05.